The SMILES string of the molecule is COc1ccc(-c2cc(C(=O)Nc3nc(-c4ccc(CC(C)C)cc4)cs3)c3ccccc3n2)cc1OC. The lowest BCUT2D eigenvalue weighted by molar-refractivity contribution is 0.102. The number of nitrogens with one attached hydrogen (secondary N) is 1. The number of aromatic nitrogens is 2. The van der Waals surface area contributed by atoms with Crippen LogP contribution in [0.1, 0.15) is 29.8 Å². The predicted octanol–water partition coefficient (Wildman–Crippen LogP) is 7.49. The molecule has 1 amide bonds. The second-order valence-corrected chi connectivity index (χ2v) is 10.3. The number of fused-ring (bicyclic) bond motifs is 1. The Morgan fingerprint density at radius 2 is 1.61 bits per heavy atom. The second kappa shape index (κ2) is 11.0. The Morgan fingerprint density at radius 1 is 0.868 bits per heavy atom. The van der Waals surface area contributed by atoms with E-state index >= 15 is 0 Å². The van der Waals surface area contributed by atoms with E-state index in [-0.39, 0.29) is 5.91 Å². The number of thiazole rings is 1. The van der Waals surface area contributed by atoms with Gasteiger partial charge in [0.2, 0.25) is 0 Å². The Bertz CT molecular complexity index is 1590. The molecule has 0 bridgehead atoms. The quantitative estimate of drug-likeness (QED) is 0.228. The summed E-state index contributed by atoms with van der Waals surface area (Å²) in [5.41, 5.74) is 5.91. The standard InChI is InChI=1S/C31H29N3O3S/c1-19(2)15-20-9-11-21(12-10-20)27-18-38-31(33-27)34-30(35)24-17-26(32-25-8-6-5-7-23(24)25)22-13-14-28(36-3)29(16-22)37-4/h5-14,16-19H,15H2,1-4H3,(H,33,34,35). The molecule has 5 rings (SSSR count). The van der Waals surface area contributed by atoms with Gasteiger partial charge in [0.25, 0.3) is 5.91 Å². The molecule has 0 saturated carbocycles. The van der Waals surface area contributed by atoms with E-state index in [4.69, 9.17) is 14.5 Å². The highest BCUT2D eigenvalue weighted by Crippen LogP contribution is 2.33. The van der Waals surface area contributed by atoms with Crippen molar-refractivity contribution in [1.29, 1.82) is 0 Å². The third-order valence-electron chi connectivity index (χ3n) is 6.26. The van der Waals surface area contributed by atoms with Crippen LogP contribution in [0, 0.1) is 5.92 Å². The van der Waals surface area contributed by atoms with Crippen molar-refractivity contribution in [2.75, 3.05) is 19.5 Å². The number of rotatable bonds is 8. The monoisotopic (exact) mass is 523 g/mol. The van der Waals surface area contributed by atoms with E-state index in [2.05, 4.69) is 48.4 Å². The van der Waals surface area contributed by atoms with Crippen LogP contribution in [0.4, 0.5) is 5.13 Å². The zero-order chi connectivity index (χ0) is 26.6. The van der Waals surface area contributed by atoms with Gasteiger partial charge in [-0.15, -0.1) is 11.3 Å². The highest BCUT2D eigenvalue weighted by Gasteiger charge is 2.17. The van der Waals surface area contributed by atoms with E-state index in [0.717, 1.165) is 34.1 Å². The summed E-state index contributed by atoms with van der Waals surface area (Å²) in [7, 11) is 3.19. The molecule has 0 fully saturated rings. The van der Waals surface area contributed by atoms with Crippen LogP contribution in [0.2, 0.25) is 0 Å². The molecule has 192 valence electrons. The van der Waals surface area contributed by atoms with E-state index in [0.29, 0.717) is 33.8 Å². The number of anilines is 1. The van der Waals surface area contributed by atoms with Gasteiger partial charge in [-0.25, -0.2) is 9.97 Å². The van der Waals surface area contributed by atoms with Crippen LogP contribution < -0.4 is 14.8 Å². The largest absolute Gasteiger partial charge is 0.493 e. The molecule has 0 atom stereocenters. The topological polar surface area (TPSA) is 73.3 Å². The average molecular weight is 524 g/mol. The lowest BCUT2D eigenvalue weighted by Crippen LogP contribution is -2.13. The lowest BCUT2D eigenvalue weighted by Gasteiger charge is -2.12. The molecule has 2 aromatic heterocycles. The summed E-state index contributed by atoms with van der Waals surface area (Å²) in [6.07, 6.45) is 1.05. The molecule has 3 aromatic carbocycles. The molecule has 0 unspecified atom stereocenters. The third kappa shape index (κ3) is 5.38. The van der Waals surface area contributed by atoms with Crippen molar-refractivity contribution in [1.82, 2.24) is 9.97 Å². The van der Waals surface area contributed by atoms with Crippen LogP contribution in [-0.4, -0.2) is 30.1 Å². The number of ether oxygens (including phenoxy) is 2. The van der Waals surface area contributed by atoms with Gasteiger partial charge in [-0.1, -0.05) is 56.3 Å². The zero-order valence-corrected chi connectivity index (χ0v) is 22.6. The smallest absolute Gasteiger partial charge is 0.258 e. The first-order valence-corrected chi connectivity index (χ1v) is 13.3. The fraction of sp³-hybridized carbons (Fsp3) is 0.194. The summed E-state index contributed by atoms with van der Waals surface area (Å²) in [6.45, 7) is 4.43. The van der Waals surface area contributed by atoms with Crippen molar-refractivity contribution in [2.45, 2.75) is 20.3 Å². The number of pyridine rings is 1. The Kier molecular flexibility index (Phi) is 7.38. The third-order valence-corrected chi connectivity index (χ3v) is 7.02. The molecule has 0 aliphatic rings. The molecule has 0 aliphatic heterocycles. The molecule has 2 heterocycles. The van der Waals surface area contributed by atoms with Crippen molar-refractivity contribution in [2.24, 2.45) is 5.92 Å². The van der Waals surface area contributed by atoms with Crippen LogP contribution in [0.3, 0.4) is 0 Å². The Balaban J connectivity index is 1.44. The molecule has 0 aliphatic carbocycles. The fourth-order valence-corrected chi connectivity index (χ4v) is 5.13. The summed E-state index contributed by atoms with van der Waals surface area (Å²) in [6, 6.07) is 23.5. The van der Waals surface area contributed by atoms with Gasteiger partial charge in [-0.05, 0) is 48.2 Å². The van der Waals surface area contributed by atoms with Gasteiger partial charge in [-0.3, -0.25) is 10.1 Å². The summed E-state index contributed by atoms with van der Waals surface area (Å²) in [5.74, 6) is 1.60. The highest BCUT2D eigenvalue weighted by atomic mass is 32.1. The minimum Gasteiger partial charge on any atom is -0.493 e. The number of amides is 1. The maximum absolute atomic E-state index is 13.5. The fourth-order valence-electron chi connectivity index (χ4n) is 4.42. The molecular formula is C31H29N3O3S. The number of hydrogen-bond acceptors (Lipinski definition) is 6. The predicted molar refractivity (Wildman–Crippen MR) is 154 cm³/mol. The first-order chi connectivity index (χ1) is 18.4. The van der Waals surface area contributed by atoms with Gasteiger partial charge >= 0.3 is 0 Å². The summed E-state index contributed by atoms with van der Waals surface area (Å²) in [4.78, 5) is 23.0. The van der Waals surface area contributed by atoms with E-state index in [1.165, 1.54) is 16.9 Å². The van der Waals surface area contributed by atoms with Crippen molar-refractivity contribution in [3.63, 3.8) is 0 Å². The first-order valence-electron chi connectivity index (χ1n) is 12.4. The minimum absolute atomic E-state index is 0.237. The summed E-state index contributed by atoms with van der Waals surface area (Å²) < 4.78 is 10.8. The maximum atomic E-state index is 13.5. The molecule has 5 aromatic rings. The number of hydrogen-bond donors (Lipinski definition) is 1. The molecular weight excluding hydrogens is 494 g/mol. The minimum atomic E-state index is -0.237. The van der Waals surface area contributed by atoms with Gasteiger partial charge in [0, 0.05) is 21.9 Å². The molecule has 0 radical (unpaired) electrons. The number of carbonyl (C=O) groups excluding carboxylic acids is 1. The molecule has 7 heteroatoms. The number of methoxy groups -OCH3 is 2. The van der Waals surface area contributed by atoms with Crippen molar-refractivity contribution in [3.8, 4) is 34.0 Å². The van der Waals surface area contributed by atoms with E-state index < -0.39 is 0 Å². The zero-order valence-electron chi connectivity index (χ0n) is 21.8. The first kappa shape index (κ1) is 25.4. The number of para-hydroxylation sites is 1. The average Bonchev–Trinajstić information content (AvgIpc) is 3.40. The maximum Gasteiger partial charge on any atom is 0.258 e. The Morgan fingerprint density at radius 3 is 2.34 bits per heavy atom. The van der Waals surface area contributed by atoms with Crippen molar-refractivity contribution < 1.29 is 14.3 Å². The normalized spacial score (nSPS) is 11.1. The number of benzene rings is 3. The lowest BCUT2D eigenvalue weighted by atomic mass is 10.0. The summed E-state index contributed by atoms with van der Waals surface area (Å²) >= 11 is 1.41. The van der Waals surface area contributed by atoms with Gasteiger partial charge in [0.1, 0.15) is 0 Å². The Labute approximate surface area is 226 Å². The van der Waals surface area contributed by atoms with Crippen LogP contribution in [-0.2, 0) is 6.42 Å². The molecule has 0 saturated heterocycles. The Hall–Kier alpha value is -4.23. The van der Waals surface area contributed by atoms with Crippen LogP contribution in [0.5, 0.6) is 11.5 Å². The number of nitrogens with zero attached hydrogens (tertiary/aromatic N) is 2. The summed E-state index contributed by atoms with van der Waals surface area (Å²) in [5, 5.41) is 6.27. The van der Waals surface area contributed by atoms with Gasteiger partial charge in [0.15, 0.2) is 16.6 Å². The van der Waals surface area contributed by atoms with Gasteiger partial charge in [-0.2, -0.15) is 0 Å². The molecule has 0 spiro atoms. The van der Waals surface area contributed by atoms with Crippen LogP contribution in [0.15, 0.2) is 78.2 Å². The van der Waals surface area contributed by atoms with Gasteiger partial charge in [0.05, 0.1) is 36.7 Å². The van der Waals surface area contributed by atoms with E-state index in [1.807, 2.05) is 47.8 Å². The van der Waals surface area contributed by atoms with Crippen LogP contribution >= 0.6 is 11.3 Å². The van der Waals surface area contributed by atoms with Gasteiger partial charge < -0.3 is 9.47 Å². The highest BCUT2D eigenvalue weighted by molar-refractivity contribution is 7.14. The van der Waals surface area contributed by atoms with Crippen LogP contribution in [0.25, 0.3) is 33.4 Å². The van der Waals surface area contributed by atoms with E-state index in [9.17, 15) is 4.79 Å². The molecule has 38 heavy (non-hydrogen) atoms. The van der Waals surface area contributed by atoms with Crippen molar-refractivity contribution >= 4 is 33.3 Å². The second-order valence-electron chi connectivity index (χ2n) is 9.43. The number of carbonyl (C=O) groups is 1. The van der Waals surface area contributed by atoms with Crippen molar-refractivity contribution in [3.05, 3.63) is 89.3 Å². The molecule has 1 N–H and O–H groups in total. The molecule has 6 nitrogen and oxygen atoms in total. The van der Waals surface area contributed by atoms with E-state index in [1.54, 1.807) is 20.3 Å².